The SMILES string of the molecule is CCOC(=O)[C@H]1CCCN(C(=O)c2cccc(CSc3nc(C)c(C)c(N(C)CCc4ccc(OC)c(OC)c4)n3)c2)C1. The number of likely N-dealkylation sites (N-methyl/N-ethyl adjacent to an activating group) is 1. The molecule has 1 fully saturated rings. The standard InChI is InChI=1S/C33H42N4O5S/c1-7-42-32(39)27-12-9-16-37(20-27)31(38)26-11-8-10-25(18-26)21-43-33-34-23(3)22(2)30(35-33)36(4)17-15-24-13-14-28(40-5)29(19-24)41-6/h8,10-11,13-14,18-19,27H,7,9,12,15-17,20-21H2,1-6H3/t27-/m0/s1. The van der Waals surface area contributed by atoms with Crippen molar-refractivity contribution in [1.82, 2.24) is 14.9 Å². The van der Waals surface area contributed by atoms with E-state index in [1.807, 2.05) is 57.3 Å². The van der Waals surface area contributed by atoms with Crippen molar-refractivity contribution in [3.8, 4) is 11.5 Å². The van der Waals surface area contributed by atoms with Gasteiger partial charge in [0.15, 0.2) is 16.7 Å². The summed E-state index contributed by atoms with van der Waals surface area (Å²) in [5.41, 5.74) is 4.78. The van der Waals surface area contributed by atoms with Crippen LogP contribution in [0.25, 0.3) is 0 Å². The van der Waals surface area contributed by atoms with Crippen molar-refractivity contribution in [3.63, 3.8) is 0 Å². The van der Waals surface area contributed by atoms with Crippen LogP contribution in [0.2, 0.25) is 0 Å². The molecule has 1 amide bonds. The molecule has 0 spiro atoms. The summed E-state index contributed by atoms with van der Waals surface area (Å²) in [5.74, 6) is 2.44. The monoisotopic (exact) mass is 606 g/mol. The normalized spacial score (nSPS) is 14.7. The van der Waals surface area contributed by atoms with Crippen LogP contribution >= 0.6 is 11.8 Å². The molecule has 2 aromatic carbocycles. The van der Waals surface area contributed by atoms with E-state index in [4.69, 9.17) is 24.2 Å². The van der Waals surface area contributed by atoms with Gasteiger partial charge in [-0.15, -0.1) is 0 Å². The molecule has 2 heterocycles. The van der Waals surface area contributed by atoms with Gasteiger partial charge in [0.1, 0.15) is 5.82 Å². The second-order valence-corrected chi connectivity index (χ2v) is 11.7. The first-order chi connectivity index (χ1) is 20.7. The number of carbonyl (C=O) groups excluding carboxylic acids is 2. The number of ether oxygens (including phenoxy) is 3. The number of thioether (sulfide) groups is 1. The molecule has 1 saturated heterocycles. The molecule has 0 bridgehead atoms. The lowest BCUT2D eigenvalue weighted by atomic mass is 9.97. The van der Waals surface area contributed by atoms with Gasteiger partial charge < -0.3 is 24.0 Å². The second-order valence-electron chi connectivity index (χ2n) is 10.7. The molecule has 0 saturated carbocycles. The summed E-state index contributed by atoms with van der Waals surface area (Å²) in [6.07, 6.45) is 2.36. The minimum absolute atomic E-state index is 0.0540. The molecule has 1 atom stereocenters. The van der Waals surface area contributed by atoms with Gasteiger partial charge in [-0.1, -0.05) is 30.0 Å². The van der Waals surface area contributed by atoms with Crippen LogP contribution in [0, 0.1) is 19.8 Å². The average Bonchev–Trinajstić information content (AvgIpc) is 3.03. The lowest BCUT2D eigenvalue weighted by molar-refractivity contribution is -0.149. The predicted molar refractivity (Wildman–Crippen MR) is 169 cm³/mol. The Kier molecular flexibility index (Phi) is 11.3. The van der Waals surface area contributed by atoms with Gasteiger partial charge in [0, 0.05) is 49.3 Å². The molecule has 9 nitrogen and oxygen atoms in total. The number of anilines is 1. The number of piperidine rings is 1. The van der Waals surface area contributed by atoms with Gasteiger partial charge in [0.25, 0.3) is 5.91 Å². The van der Waals surface area contributed by atoms with E-state index in [1.54, 1.807) is 37.8 Å². The van der Waals surface area contributed by atoms with Crippen molar-refractivity contribution in [2.24, 2.45) is 5.92 Å². The minimum atomic E-state index is -0.260. The Morgan fingerprint density at radius 3 is 2.58 bits per heavy atom. The molecule has 10 heteroatoms. The fraction of sp³-hybridized carbons (Fsp3) is 0.455. The second kappa shape index (κ2) is 15.1. The molecule has 0 unspecified atom stereocenters. The lowest BCUT2D eigenvalue weighted by Gasteiger charge is -2.31. The fourth-order valence-electron chi connectivity index (χ4n) is 5.20. The Hall–Kier alpha value is -3.79. The van der Waals surface area contributed by atoms with E-state index < -0.39 is 0 Å². The summed E-state index contributed by atoms with van der Waals surface area (Å²) < 4.78 is 16.0. The Morgan fingerprint density at radius 2 is 1.84 bits per heavy atom. The van der Waals surface area contributed by atoms with E-state index in [-0.39, 0.29) is 17.8 Å². The van der Waals surface area contributed by atoms with Crippen LogP contribution in [0.1, 0.15) is 52.5 Å². The number of nitrogens with zero attached hydrogens (tertiary/aromatic N) is 4. The fourth-order valence-corrected chi connectivity index (χ4v) is 6.03. The first kappa shape index (κ1) is 32.1. The largest absolute Gasteiger partial charge is 0.493 e. The average molecular weight is 607 g/mol. The Bertz CT molecular complexity index is 1430. The van der Waals surface area contributed by atoms with E-state index >= 15 is 0 Å². The van der Waals surface area contributed by atoms with E-state index in [0.717, 1.165) is 59.8 Å². The predicted octanol–water partition coefficient (Wildman–Crippen LogP) is 5.50. The molecule has 1 aliphatic heterocycles. The number of benzene rings is 2. The molecular formula is C33H42N4O5S. The first-order valence-electron chi connectivity index (χ1n) is 14.7. The molecule has 1 aromatic heterocycles. The number of likely N-dealkylation sites (tertiary alicyclic amines) is 1. The molecule has 1 aliphatic rings. The van der Waals surface area contributed by atoms with Gasteiger partial charge in [0.2, 0.25) is 0 Å². The topological polar surface area (TPSA) is 94.1 Å². The Balaban J connectivity index is 1.40. The lowest BCUT2D eigenvalue weighted by Crippen LogP contribution is -2.42. The van der Waals surface area contributed by atoms with Crippen molar-refractivity contribution in [2.75, 3.05) is 52.4 Å². The number of aryl methyl sites for hydroxylation is 1. The van der Waals surface area contributed by atoms with Gasteiger partial charge >= 0.3 is 5.97 Å². The van der Waals surface area contributed by atoms with Crippen LogP contribution < -0.4 is 14.4 Å². The quantitative estimate of drug-likeness (QED) is 0.151. The smallest absolute Gasteiger partial charge is 0.310 e. The molecule has 0 radical (unpaired) electrons. The summed E-state index contributed by atoms with van der Waals surface area (Å²) in [7, 11) is 5.33. The minimum Gasteiger partial charge on any atom is -0.493 e. The van der Waals surface area contributed by atoms with Gasteiger partial charge in [-0.3, -0.25) is 9.59 Å². The summed E-state index contributed by atoms with van der Waals surface area (Å²) in [6.45, 7) is 8.03. The number of methoxy groups -OCH3 is 2. The molecule has 43 heavy (non-hydrogen) atoms. The maximum atomic E-state index is 13.3. The third-order valence-corrected chi connectivity index (χ3v) is 8.68. The number of aromatic nitrogens is 2. The van der Waals surface area contributed by atoms with E-state index in [9.17, 15) is 9.59 Å². The third-order valence-electron chi connectivity index (χ3n) is 7.76. The number of amides is 1. The van der Waals surface area contributed by atoms with E-state index in [1.165, 1.54) is 0 Å². The molecule has 0 aliphatic carbocycles. The van der Waals surface area contributed by atoms with Crippen molar-refractivity contribution in [2.45, 2.75) is 50.9 Å². The summed E-state index contributed by atoms with van der Waals surface area (Å²) in [6, 6.07) is 13.7. The molecular weight excluding hydrogens is 564 g/mol. The van der Waals surface area contributed by atoms with Gasteiger partial charge in [0.05, 0.1) is 26.7 Å². The van der Waals surface area contributed by atoms with Crippen molar-refractivity contribution in [1.29, 1.82) is 0 Å². The number of hydrogen-bond acceptors (Lipinski definition) is 9. The van der Waals surface area contributed by atoms with Gasteiger partial charge in [-0.25, -0.2) is 9.97 Å². The third kappa shape index (κ3) is 8.19. The van der Waals surface area contributed by atoms with Crippen LogP contribution in [0.15, 0.2) is 47.6 Å². The Labute approximate surface area is 258 Å². The highest BCUT2D eigenvalue weighted by Gasteiger charge is 2.30. The number of carbonyl (C=O) groups is 2. The zero-order valence-corrected chi connectivity index (χ0v) is 26.8. The van der Waals surface area contributed by atoms with Crippen LogP contribution in [0.5, 0.6) is 11.5 Å². The zero-order valence-electron chi connectivity index (χ0n) is 26.0. The maximum absolute atomic E-state index is 13.3. The van der Waals surface area contributed by atoms with Crippen molar-refractivity contribution >= 4 is 29.5 Å². The van der Waals surface area contributed by atoms with E-state index in [0.29, 0.717) is 41.9 Å². The van der Waals surface area contributed by atoms with Crippen molar-refractivity contribution in [3.05, 3.63) is 70.4 Å². The molecule has 4 rings (SSSR count). The number of rotatable bonds is 12. The van der Waals surface area contributed by atoms with Crippen LogP contribution in [-0.4, -0.2) is 74.3 Å². The van der Waals surface area contributed by atoms with E-state index in [2.05, 4.69) is 11.0 Å². The number of hydrogen-bond donors (Lipinski definition) is 0. The summed E-state index contributed by atoms with van der Waals surface area (Å²) in [4.78, 5) is 39.1. The first-order valence-corrected chi connectivity index (χ1v) is 15.7. The summed E-state index contributed by atoms with van der Waals surface area (Å²) in [5, 5.41) is 0.695. The van der Waals surface area contributed by atoms with Gasteiger partial charge in [-0.05, 0) is 75.4 Å². The highest BCUT2D eigenvalue weighted by Crippen LogP contribution is 2.29. The van der Waals surface area contributed by atoms with Crippen molar-refractivity contribution < 1.29 is 23.8 Å². The summed E-state index contributed by atoms with van der Waals surface area (Å²) >= 11 is 1.55. The molecule has 230 valence electrons. The van der Waals surface area contributed by atoms with Crippen LogP contribution in [0.3, 0.4) is 0 Å². The molecule has 0 N–H and O–H groups in total. The van der Waals surface area contributed by atoms with Gasteiger partial charge in [-0.2, -0.15) is 0 Å². The zero-order chi connectivity index (χ0) is 30.9. The Morgan fingerprint density at radius 1 is 1.05 bits per heavy atom. The van der Waals surface area contributed by atoms with Crippen LogP contribution in [0.4, 0.5) is 5.82 Å². The highest BCUT2D eigenvalue weighted by molar-refractivity contribution is 7.98. The highest BCUT2D eigenvalue weighted by atomic mass is 32.2. The maximum Gasteiger partial charge on any atom is 0.310 e. The number of esters is 1. The van der Waals surface area contributed by atoms with Crippen LogP contribution in [-0.2, 0) is 21.7 Å². The molecule has 3 aromatic rings.